The van der Waals surface area contributed by atoms with E-state index < -0.39 is 0 Å². The molecule has 2 N–H and O–H groups in total. The summed E-state index contributed by atoms with van der Waals surface area (Å²) in [6, 6.07) is 15.5. The number of carbonyl (C=O) groups excluding carboxylic acids is 2. The molecular weight excluding hydrogens is 410 g/mol. The Morgan fingerprint density at radius 1 is 1.10 bits per heavy atom. The number of rotatable bonds is 8. The highest BCUT2D eigenvalue weighted by molar-refractivity contribution is 7.99. The Bertz CT molecular complexity index is 1070. The van der Waals surface area contributed by atoms with Crippen LogP contribution in [0, 0.1) is 6.92 Å². The van der Waals surface area contributed by atoms with Crippen LogP contribution in [-0.2, 0) is 4.79 Å². The van der Waals surface area contributed by atoms with E-state index in [0.29, 0.717) is 16.4 Å². The molecule has 2 amide bonds. The number of thioether (sulfide) groups is 1. The summed E-state index contributed by atoms with van der Waals surface area (Å²) in [5.41, 5.74) is 2.76. The number of amides is 2. The first-order valence-electron chi connectivity index (χ1n) is 10.2. The Balaban J connectivity index is 1.78. The van der Waals surface area contributed by atoms with Gasteiger partial charge >= 0.3 is 0 Å². The number of nitrogens with zero attached hydrogens (tertiary/aromatic N) is 3. The minimum absolute atomic E-state index is 0.157. The Labute approximate surface area is 186 Å². The van der Waals surface area contributed by atoms with E-state index in [1.165, 1.54) is 11.8 Å². The molecule has 1 atom stereocenters. The average molecular weight is 438 g/mol. The van der Waals surface area contributed by atoms with Crippen molar-refractivity contribution in [2.45, 2.75) is 38.4 Å². The third-order valence-electron chi connectivity index (χ3n) is 5.06. The normalized spacial score (nSPS) is 11.7. The van der Waals surface area contributed by atoms with Gasteiger partial charge in [-0.15, -0.1) is 10.2 Å². The molecule has 3 rings (SSSR count). The fraction of sp³-hybridized carbons (Fsp3) is 0.304. The van der Waals surface area contributed by atoms with Crippen LogP contribution in [0.1, 0.15) is 42.2 Å². The van der Waals surface area contributed by atoms with Crippen molar-refractivity contribution in [1.29, 1.82) is 0 Å². The second kappa shape index (κ2) is 10.3. The maximum Gasteiger partial charge on any atom is 0.253 e. The van der Waals surface area contributed by atoms with Crippen molar-refractivity contribution >= 4 is 29.3 Å². The van der Waals surface area contributed by atoms with Crippen LogP contribution in [0.4, 0.5) is 5.69 Å². The van der Waals surface area contributed by atoms with Crippen molar-refractivity contribution in [1.82, 2.24) is 20.1 Å². The standard InChI is InChI=1S/C23H27N5O2S/c1-5-16(3)28-21(17-11-7-6-8-12-17)26-27-23(28)31-14-19(29)25-18-13-9-10-15(2)20(18)22(30)24-4/h6-13,16H,5,14H2,1-4H3,(H,24,30)(H,25,29). The summed E-state index contributed by atoms with van der Waals surface area (Å²) in [7, 11) is 1.57. The summed E-state index contributed by atoms with van der Waals surface area (Å²) in [6.45, 7) is 6.07. The minimum atomic E-state index is -0.231. The molecule has 0 bridgehead atoms. The molecule has 0 radical (unpaired) electrons. The summed E-state index contributed by atoms with van der Waals surface area (Å²) in [5.74, 6) is 0.508. The van der Waals surface area contributed by atoms with Crippen LogP contribution in [-0.4, -0.2) is 39.4 Å². The molecule has 7 nitrogen and oxygen atoms in total. The third-order valence-corrected chi connectivity index (χ3v) is 6.00. The van der Waals surface area contributed by atoms with Crippen LogP contribution in [0.25, 0.3) is 11.4 Å². The molecule has 0 spiro atoms. The molecule has 162 valence electrons. The van der Waals surface area contributed by atoms with E-state index in [1.54, 1.807) is 13.1 Å². The van der Waals surface area contributed by atoms with Crippen LogP contribution < -0.4 is 10.6 Å². The first-order valence-corrected chi connectivity index (χ1v) is 11.2. The van der Waals surface area contributed by atoms with Gasteiger partial charge in [0, 0.05) is 18.7 Å². The number of aromatic nitrogens is 3. The van der Waals surface area contributed by atoms with E-state index in [-0.39, 0.29) is 23.6 Å². The van der Waals surface area contributed by atoms with Crippen molar-refractivity contribution in [2.75, 3.05) is 18.1 Å². The van der Waals surface area contributed by atoms with Crippen LogP contribution >= 0.6 is 11.8 Å². The topological polar surface area (TPSA) is 88.9 Å². The van der Waals surface area contributed by atoms with Gasteiger partial charge in [0.1, 0.15) is 0 Å². The van der Waals surface area contributed by atoms with Gasteiger partial charge in [0.15, 0.2) is 11.0 Å². The number of benzene rings is 2. The summed E-state index contributed by atoms with van der Waals surface area (Å²) < 4.78 is 2.08. The zero-order chi connectivity index (χ0) is 22.4. The van der Waals surface area contributed by atoms with E-state index in [0.717, 1.165) is 23.4 Å². The van der Waals surface area contributed by atoms with Gasteiger partial charge in [-0.1, -0.05) is 61.2 Å². The van der Waals surface area contributed by atoms with Crippen molar-refractivity contribution in [3.63, 3.8) is 0 Å². The van der Waals surface area contributed by atoms with Gasteiger partial charge in [0.05, 0.1) is 17.0 Å². The molecule has 1 heterocycles. The highest BCUT2D eigenvalue weighted by Gasteiger charge is 2.20. The maximum atomic E-state index is 12.7. The van der Waals surface area contributed by atoms with Gasteiger partial charge in [0.2, 0.25) is 5.91 Å². The van der Waals surface area contributed by atoms with E-state index in [4.69, 9.17) is 0 Å². The van der Waals surface area contributed by atoms with Crippen LogP contribution in [0.2, 0.25) is 0 Å². The zero-order valence-corrected chi connectivity index (χ0v) is 19.0. The summed E-state index contributed by atoms with van der Waals surface area (Å²) in [5, 5.41) is 14.9. The van der Waals surface area contributed by atoms with Crippen molar-refractivity contribution in [3.8, 4) is 11.4 Å². The summed E-state index contributed by atoms with van der Waals surface area (Å²) in [4.78, 5) is 24.9. The summed E-state index contributed by atoms with van der Waals surface area (Å²) in [6.07, 6.45) is 0.913. The number of carbonyl (C=O) groups is 2. The quantitative estimate of drug-likeness (QED) is 0.513. The molecule has 0 saturated heterocycles. The van der Waals surface area contributed by atoms with Crippen LogP contribution in [0.3, 0.4) is 0 Å². The molecule has 1 aromatic heterocycles. The molecule has 3 aromatic rings. The Kier molecular flexibility index (Phi) is 7.46. The molecule has 0 aliphatic heterocycles. The summed E-state index contributed by atoms with van der Waals surface area (Å²) >= 11 is 1.33. The lowest BCUT2D eigenvalue weighted by atomic mass is 10.1. The maximum absolute atomic E-state index is 12.7. The number of hydrogen-bond acceptors (Lipinski definition) is 5. The predicted octanol–water partition coefficient (Wildman–Crippen LogP) is 4.31. The van der Waals surface area contributed by atoms with Gasteiger partial charge in [-0.2, -0.15) is 0 Å². The smallest absolute Gasteiger partial charge is 0.253 e. The SMILES string of the molecule is CCC(C)n1c(SCC(=O)Nc2cccc(C)c2C(=O)NC)nnc1-c1ccccc1. The van der Waals surface area contributed by atoms with Gasteiger partial charge in [-0.3, -0.25) is 14.2 Å². The molecule has 0 aliphatic carbocycles. The Morgan fingerprint density at radius 2 is 1.84 bits per heavy atom. The fourth-order valence-corrected chi connectivity index (χ4v) is 4.09. The predicted molar refractivity (Wildman–Crippen MR) is 124 cm³/mol. The molecule has 31 heavy (non-hydrogen) atoms. The van der Waals surface area contributed by atoms with E-state index in [9.17, 15) is 9.59 Å². The highest BCUT2D eigenvalue weighted by Crippen LogP contribution is 2.29. The van der Waals surface area contributed by atoms with Crippen molar-refractivity contribution in [2.24, 2.45) is 0 Å². The molecule has 8 heteroatoms. The average Bonchev–Trinajstić information content (AvgIpc) is 3.21. The highest BCUT2D eigenvalue weighted by atomic mass is 32.2. The lowest BCUT2D eigenvalue weighted by Crippen LogP contribution is -2.23. The number of hydrogen-bond donors (Lipinski definition) is 2. The minimum Gasteiger partial charge on any atom is -0.355 e. The van der Waals surface area contributed by atoms with Crippen molar-refractivity contribution in [3.05, 3.63) is 59.7 Å². The molecule has 0 aliphatic rings. The molecule has 0 saturated carbocycles. The zero-order valence-electron chi connectivity index (χ0n) is 18.2. The second-order valence-electron chi connectivity index (χ2n) is 7.21. The second-order valence-corrected chi connectivity index (χ2v) is 8.16. The van der Waals surface area contributed by atoms with Gasteiger partial charge < -0.3 is 10.6 Å². The van der Waals surface area contributed by atoms with E-state index in [2.05, 4.69) is 39.2 Å². The molecular formula is C23H27N5O2S. The first-order chi connectivity index (χ1) is 15.0. The number of nitrogens with one attached hydrogen (secondary N) is 2. The van der Waals surface area contributed by atoms with E-state index in [1.807, 2.05) is 49.4 Å². The van der Waals surface area contributed by atoms with Gasteiger partial charge in [-0.05, 0) is 31.9 Å². The van der Waals surface area contributed by atoms with Crippen molar-refractivity contribution < 1.29 is 9.59 Å². The lowest BCUT2D eigenvalue weighted by Gasteiger charge is -2.16. The first kappa shape index (κ1) is 22.6. The van der Waals surface area contributed by atoms with Crippen LogP contribution in [0.15, 0.2) is 53.7 Å². The largest absolute Gasteiger partial charge is 0.355 e. The number of aryl methyl sites for hydroxylation is 1. The van der Waals surface area contributed by atoms with E-state index >= 15 is 0 Å². The van der Waals surface area contributed by atoms with Gasteiger partial charge in [-0.25, -0.2) is 0 Å². The fourth-order valence-electron chi connectivity index (χ4n) is 3.25. The molecule has 2 aromatic carbocycles. The number of anilines is 1. The Hall–Kier alpha value is -3.13. The molecule has 1 unspecified atom stereocenters. The Morgan fingerprint density at radius 3 is 2.52 bits per heavy atom. The van der Waals surface area contributed by atoms with Gasteiger partial charge in [0.25, 0.3) is 5.91 Å². The monoisotopic (exact) mass is 437 g/mol. The lowest BCUT2D eigenvalue weighted by molar-refractivity contribution is -0.113. The van der Waals surface area contributed by atoms with Crippen LogP contribution in [0.5, 0.6) is 0 Å². The third kappa shape index (κ3) is 5.14. The molecule has 0 fully saturated rings.